The van der Waals surface area contributed by atoms with Gasteiger partial charge in [0.25, 0.3) is 0 Å². The first-order valence-corrected chi connectivity index (χ1v) is 16.4. The highest BCUT2D eigenvalue weighted by molar-refractivity contribution is 6.13. The monoisotopic (exact) mass is 627 g/mol. The van der Waals surface area contributed by atoms with Gasteiger partial charge >= 0.3 is 0 Å². The van der Waals surface area contributed by atoms with Crippen LogP contribution in [0, 0.1) is 0 Å². The van der Waals surface area contributed by atoms with Crippen molar-refractivity contribution in [2.24, 2.45) is 0 Å². The normalized spacial score (nSPS) is 11.3. The molecule has 0 atom stereocenters. The Labute approximate surface area is 284 Å². The van der Waals surface area contributed by atoms with E-state index < -0.39 is 0 Å². The molecule has 4 nitrogen and oxygen atoms in total. The number of rotatable bonds is 6. The summed E-state index contributed by atoms with van der Waals surface area (Å²) in [5, 5.41) is 2.00. The lowest BCUT2D eigenvalue weighted by Gasteiger charge is -2.12. The second-order valence-electron chi connectivity index (χ2n) is 12.1. The standard InChI is InChI=1S/C45H29N3O/c1-4-13-30(14-5-1)33-23-25-34(26-24-33)43-46-44(36-20-12-19-35(27-36)31-15-6-2-7-16-31)48-45(47-43)39-28-37(32-17-8-3-9-18-32)29-41-42(39)38-21-10-11-22-40(38)49-41/h1-29H. The van der Waals surface area contributed by atoms with Gasteiger partial charge in [0.1, 0.15) is 11.2 Å². The fourth-order valence-corrected chi connectivity index (χ4v) is 6.49. The van der Waals surface area contributed by atoms with Gasteiger partial charge < -0.3 is 4.42 Å². The third kappa shape index (κ3) is 5.45. The number of aromatic nitrogens is 3. The van der Waals surface area contributed by atoms with Crippen LogP contribution in [-0.2, 0) is 0 Å². The molecule has 0 radical (unpaired) electrons. The van der Waals surface area contributed by atoms with E-state index in [1.807, 2.05) is 36.4 Å². The molecule has 0 aliphatic carbocycles. The van der Waals surface area contributed by atoms with Crippen LogP contribution in [0.25, 0.3) is 89.5 Å². The molecule has 0 saturated carbocycles. The molecule has 9 rings (SSSR count). The summed E-state index contributed by atoms with van der Waals surface area (Å²) in [6.07, 6.45) is 0. The van der Waals surface area contributed by atoms with E-state index in [1.54, 1.807) is 0 Å². The Morgan fingerprint density at radius 1 is 0.306 bits per heavy atom. The first kappa shape index (κ1) is 28.6. The maximum Gasteiger partial charge on any atom is 0.164 e. The van der Waals surface area contributed by atoms with E-state index in [1.165, 1.54) is 0 Å². The lowest BCUT2D eigenvalue weighted by molar-refractivity contribution is 0.669. The minimum Gasteiger partial charge on any atom is -0.456 e. The number of para-hydroxylation sites is 1. The minimum atomic E-state index is 0.589. The molecule has 2 heterocycles. The topological polar surface area (TPSA) is 51.8 Å². The van der Waals surface area contributed by atoms with Crippen molar-refractivity contribution in [3.8, 4) is 67.5 Å². The average molecular weight is 628 g/mol. The van der Waals surface area contributed by atoms with Crippen molar-refractivity contribution in [3.05, 3.63) is 176 Å². The van der Waals surface area contributed by atoms with E-state index >= 15 is 0 Å². The van der Waals surface area contributed by atoms with E-state index in [4.69, 9.17) is 19.4 Å². The smallest absolute Gasteiger partial charge is 0.164 e. The van der Waals surface area contributed by atoms with E-state index in [2.05, 4.69) is 140 Å². The summed E-state index contributed by atoms with van der Waals surface area (Å²) in [7, 11) is 0. The Morgan fingerprint density at radius 2 is 0.796 bits per heavy atom. The molecule has 0 saturated heterocycles. The summed E-state index contributed by atoms with van der Waals surface area (Å²) in [6, 6.07) is 60.4. The van der Waals surface area contributed by atoms with Crippen LogP contribution >= 0.6 is 0 Å². The third-order valence-electron chi connectivity index (χ3n) is 8.94. The average Bonchev–Trinajstić information content (AvgIpc) is 3.57. The van der Waals surface area contributed by atoms with Gasteiger partial charge in [0.2, 0.25) is 0 Å². The lowest BCUT2D eigenvalue weighted by Crippen LogP contribution is -2.01. The minimum absolute atomic E-state index is 0.589. The predicted octanol–water partition coefficient (Wildman–Crippen LogP) is 11.8. The van der Waals surface area contributed by atoms with Gasteiger partial charge in [-0.15, -0.1) is 0 Å². The van der Waals surface area contributed by atoms with Crippen LogP contribution < -0.4 is 0 Å². The molecule has 0 bridgehead atoms. The zero-order valence-corrected chi connectivity index (χ0v) is 26.5. The van der Waals surface area contributed by atoms with Gasteiger partial charge in [-0.2, -0.15) is 0 Å². The van der Waals surface area contributed by atoms with Crippen molar-refractivity contribution < 1.29 is 4.42 Å². The van der Waals surface area contributed by atoms with Crippen LogP contribution in [0.4, 0.5) is 0 Å². The lowest BCUT2D eigenvalue weighted by atomic mass is 9.98. The Balaban J connectivity index is 1.28. The molecule has 2 aromatic heterocycles. The molecule has 7 aromatic carbocycles. The molecule has 0 spiro atoms. The maximum atomic E-state index is 6.46. The van der Waals surface area contributed by atoms with Crippen LogP contribution in [0.3, 0.4) is 0 Å². The molecule has 4 heteroatoms. The molecule has 0 fully saturated rings. The molecule has 49 heavy (non-hydrogen) atoms. The Bertz CT molecular complexity index is 2580. The van der Waals surface area contributed by atoms with Crippen LogP contribution in [0.15, 0.2) is 180 Å². The number of furan rings is 1. The Kier molecular flexibility index (Phi) is 7.10. The first-order chi connectivity index (χ1) is 24.3. The molecular weight excluding hydrogens is 599 g/mol. The second kappa shape index (κ2) is 12.2. The summed E-state index contributed by atoms with van der Waals surface area (Å²) < 4.78 is 6.46. The number of nitrogens with zero attached hydrogens (tertiary/aromatic N) is 3. The highest BCUT2D eigenvalue weighted by atomic mass is 16.3. The fourth-order valence-electron chi connectivity index (χ4n) is 6.49. The zero-order valence-electron chi connectivity index (χ0n) is 26.5. The van der Waals surface area contributed by atoms with Crippen molar-refractivity contribution >= 4 is 21.9 Å². The van der Waals surface area contributed by atoms with Crippen LogP contribution in [0.1, 0.15) is 0 Å². The molecule has 0 amide bonds. The van der Waals surface area contributed by atoms with Crippen LogP contribution in [-0.4, -0.2) is 15.0 Å². The van der Waals surface area contributed by atoms with Gasteiger partial charge in [-0.05, 0) is 57.6 Å². The molecule has 230 valence electrons. The second-order valence-corrected chi connectivity index (χ2v) is 12.1. The van der Waals surface area contributed by atoms with Crippen molar-refractivity contribution in [3.63, 3.8) is 0 Å². The summed E-state index contributed by atoms with van der Waals surface area (Å²) in [5.74, 6) is 1.80. The van der Waals surface area contributed by atoms with Gasteiger partial charge in [-0.25, -0.2) is 15.0 Å². The SMILES string of the molecule is c1ccc(-c2ccc(-c3nc(-c4cccc(-c5ccccc5)c4)nc(-c4cc(-c5ccccc5)cc5oc6ccccc6c45)n3)cc2)cc1. The van der Waals surface area contributed by atoms with Crippen molar-refractivity contribution in [1.29, 1.82) is 0 Å². The van der Waals surface area contributed by atoms with E-state index in [0.717, 1.165) is 72.0 Å². The Morgan fingerprint density at radius 3 is 1.49 bits per heavy atom. The number of hydrogen-bond donors (Lipinski definition) is 0. The van der Waals surface area contributed by atoms with Crippen LogP contribution in [0.2, 0.25) is 0 Å². The van der Waals surface area contributed by atoms with Gasteiger partial charge in [0.05, 0.1) is 0 Å². The summed E-state index contributed by atoms with van der Waals surface area (Å²) >= 11 is 0. The van der Waals surface area contributed by atoms with Crippen molar-refractivity contribution in [2.45, 2.75) is 0 Å². The highest BCUT2D eigenvalue weighted by Crippen LogP contribution is 2.40. The largest absolute Gasteiger partial charge is 0.456 e. The molecule has 0 unspecified atom stereocenters. The van der Waals surface area contributed by atoms with Gasteiger partial charge in [0, 0.05) is 27.5 Å². The van der Waals surface area contributed by atoms with E-state index in [-0.39, 0.29) is 0 Å². The quantitative estimate of drug-likeness (QED) is 0.184. The molecular formula is C45H29N3O. The molecule has 0 aliphatic rings. The third-order valence-corrected chi connectivity index (χ3v) is 8.94. The fraction of sp³-hybridized carbons (Fsp3) is 0. The van der Waals surface area contributed by atoms with Gasteiger partial charge in [-0.3, -0.25) is 0 Å². The zero-order chi connectivity index (χ0) is 32.6. The number of hydrogen-bond acceptors (Lipinski definition) is 4. The molecule has 9 aromatic rings. The summed E-state index contributed by atoms with van der Waals surface area (Å²) in [6.45, 7) is 0. The number of benzene rings is 7. The predicted molar refractivity (Wildman–Crippen MR) is 200 cm³/mol. The Hall–Kier alpha value is -6.65. The summed E-state index contributed by atoms with van der Waals surface area (Å²) in [5.41, 5.74) is 11.0. The van der Waals surface area contributed by atoms with E-state index in [0.29, 0.717) is 17.5 Å². The summed E-state index contributed by atoms with van der Waals surface area (Å²) in [4.78, 5) is 15.5. The molecule has 0 aliphatic heterocycles. The van der Waals surface area contributed by atoms with Gasteiger partial charge in [0.15, 0.2) is 17.5 Å². The maximum absolute atomic E-state index is 6.46. The van der Waals surface area contributed by atoms with Crippen LogP contribution in [0.5, 0.6) is 0 Å². The van der Waals surface area contributed by atoms with Crippen molar-refractivity contribution in [2.75, 3.05) is 0 Å². The highest BCUT2D eigenvalue weighted by Gasteiger charge is 2.20. The van der Waals surface area contributed by atoms with Gasteiger partial charge in [-0.1, -0.05) is 152 Å². The van der Waals surface area contributed by atoms with Crippen molar-refractivity contribution in [1.82, 2.24) is 15.0 Å². The molecule has 0 N–H and O–H groups in total. The first-order valence-electron chi connectivity index (χ1n) is 16.4. The number of fused-ring (bicyclic) bond motifs is 3. The van der Waals surface area contributed by atoms with E-state index in [9.17, 15) is 0 Å².